The summed E-state index contributed by atoms with van der Waals surface area (Å²) in [5, 5.41) is 14.0. The summed E-state index contributed by atoms with van der Waals surface area (Å²) in [5.74, 6) is 0.827. The summed E-state index contributed by atoms with van der Waals surface area (Å²) in [4.78, 5) is 16.5. The molecule has 3 aromatic rings. The van der Waals surface area contributed by atoms with Crippen LogP contribution in [0.4, 0.5) is 11.6 Å². The molecule has 0 bridgehead atoms. The van der Waals surface area contributed by atoms with E-state index in [0.29, 0.717) is 23.7 Å². The second-order valence-corrected chi connectivity index (χ2v) is 5.73. The van der Waals surface area contributed by atoms with Crippen LogP contribution in [0.25, 0.3) is 0 Å². The molecular formula is C19H19N5O. The van der Waals surface area contributed by atoms with Crippen molar-refractivity contribution in [3.8, 4) is 0 Å². The van der Waals surface area contributed by atoms with Crippen molar-refractivity contribution in [3.05, 3.63) is 77.1 Å². The average Bonchev–Trinajstić information content (AvgIpc) is 2.64. The summed E-state index contributed by atoms with van der Waals surface area (Å²) >= 11 is 0. The van der Waals surface area contributed by atoms with E-state index >= 15 is 0 Å². The molecule has 126 valence electrons. The molecule has 6 heteroatoms. The Bertz CT molecular complexity index is 863. The van der Waals surface area contributed by atoms with E-state index in [1.807, 2.05) is 44.2 Å². The number of aromatic nitrogens is 3. The number of aryl methyl sites for hydroxylation is 2. The van der Waals surface area contributed by atoms with Gasteiger partial charge in [0.05, 0.1) is 12.2 Å². The molecule has 6 nitrogen and oxygen atoms in total. The number of pyridine rings is 1. The number of hydrogen-bond donors (Lipinski definition) is 2. The molecule has 3 rings (SSSR count). The Kier molecular flexibility index (Phi) is 4.99. The van der Waals surface area contributed by atoms with Gasteiger partial charge < -0.3 is 10.6 Å². The van der Waals surface area contributed by atoms with E-state index in [2.05, 4.69) is 25.8 Å². The van der Waals surface area contributed by atoms with Crippen LogP contribution in [0.2, 0.25) is 0 Å². The minimum Gasteiger partial charge on any atom is -0.363 e. The van der Waals surface area contributed by atoms with E-state index in [4.69, 9.17) is 0 Å². The number of anilines is 2. The van der Waals surface area contributed by atoms with Gasteiger partial charge in [0.2, 0.25) is 0 Å². The summed E-state index contributed by atoms with van der Waals surface area (Å²) in [6.45, 7) is 4.55. The van der Waals surface area contributed by atoms with Crippen LogP contribution in [-0.4, -0.2) is 21.1 Å². The van der Waals surface area contributed by atoms with Gasteiger partial charge >= 0.3 is 0 Å². The summed E-state index contributed by atoms with van der Waals surface area (Å²) in [7, 11) is 0. The largest absolute Gasteiger partial charge is 0.363 e. The topological polar surface area (TPSA) is 79.8 Å². The van der Waals surface area contributed by atoms with Crippen LogP contribution < -0.4 is 10.6 Å². The van der Waals surface area contributed by atoms with E-state index in [0.717, 1.165) is 16.8 Å². The van der Waals surface area contributed by atoms with E-state index in [-0.39, 0.29) is 5.91 Å². The highest BCUT2D eigenvalue weighted by molar-refractivity contribution is 6.03. The van der Waals surface area contributed by atoms with E-state index in [1.54, 1.807) is 24.4 Å². The van der Waals surface area contributed by atoms with Gasteiger partial charge in [0.1, 0.15) is 5.82 Å². The molecule has 2 N–H and O–H groups in total. The Morgan fingerprint density at radius 3 is 2.44 bits per heavy atom. The Balaban J connectivity index is 1.60. The molecule has 0 spiro atoms. The standard InChI is InChI=1S/C19H19N5O/c1-13-6-7-15(11-14(13)2)19(25)22-18-9-8-17(23-24-18)21-12-16-5-3-4-10-20-16/h3-11H,12H2,1-2H3,(H,21,23)(H,22,24,25). The molecule has 0 aliphatic heterocycles. The maximum absolute atomic E-state index is 12.3. The van der Waals surface area contributed by atoms with Gasteiger partial charge in [-0.1, -0.05) is 12.1 Å². The maximum Gasteiger partial charge on any atom is 0.256 e. The van der Waals surface area contributed by atoms with Crippen LogP contribution >= 0.6 is 0 Å². The van der Waals surface area contributed by atoms with Crippen molar-refractivity contribution in [2.45, 2.75) is 20.4 Å². The molecule has 0 saturated heterocycles. The third kappa shape index (κ3) is 4.38. The summed E-state index contributed by atoms with van der Waals surface area (Å²) in [6, 6.07) is 14.8. The smallest absolute Gasteiger partial charge is 0.256 e. The van der Waals surface area contributed by atoms with Gasteiger partial charge in [0.15, 0.2) is 5.82 Å². The van der Waals surface area contributed by atoms with Gasteiger partial charge in [0.25, 0.3) is 5.91 Å². The molecule has 0 radical (unpaired) electrons. The Morgan fingerprint density at radius 2 is 1.76 bits per heavy atom. The molecule has 2 aromatic heterocycles. The van der Waals surface area contributed by atoms with Gasteiger partial charge in [-0.25, -0.2) is 0 Å². The highest BCUT2D eigenvalue weighted by Gasteiger charge is 2.08. The summed E-state index contributed by atoms with van der Waals surface area (Å²) < 4.78 is 0. The zero-order chi connectivity index (χ0) is 17.6. The van der Waals surface area contributed by atoms with Crippen LogP contribution in [0.3, 0.4) is 0 Å². The van der Waals surface area contributed by atoms with Crippen molar-refractivity contribution in [2.75, 3.05) is 10.6 Å². The first-order valence-corrected chi connectivity index (χ1v) is 7.98. The normalized spacial score (nSPS) is 10.3. The van der Waals surface area contributed by atoms with E-state index in [1.165, 1.54) is 0 Å². The SMILES string of the molecule is Cc1ccc(C(=O)Nc2ccc(NCc3ccccn3)nn2)cc1C. The van der Waals surface area contributed by atoms with Gasteiger partial charge in [-0.2, -0.15) is 0 Å². The quantitative estimate of drug-likeness (QED) is 0.748. The van der Waals surface area contributed by atoms with Crippen molar-refractivity contribution in [1.82, 2.24) is 15.2 Å². The summed E-state index contributed by atoms with van der Waals surface area (Å²) in [6.07, 6.45) is 1.74. The summed E-state index contributed by atoms with van der Waals surface area (Å²) in [5.41, 5.74) is 3.74. The third-order valence-corrected chi connectivity index (χ3v) is 3.85. The van der Waals surface area contributed by atoms with E-state index in [9.17, 15) is 4.79 Å². The minimum atomic E-state index is -0.202. The first kappa shape index (κ1) is 16.6. The number of benzene rings is 1. The van der Waals surface area contributed by atoms with Crippen molar-refractivity contribution < 1.29 is 4.79 Å². The lowest BCUT2D eigenvalue weighted by molar-refractivity contribution is 0.102. The Morgan fingerprint density at radius 1 is 0.960 bits per heavy atom. The highest BCUT2D eigenvalue weighted by Crippen LogP contribution is 2.12. The number of nitrogens with one attached hydrogen (secondary N) is 2. The van der Waals surface area contributed by atoms with Crippen LogP contribution in [0.1, 0.15) is 27.2 Å². The van der Waals surface area contributed by atoms with Gasteiger partial charge in [-0.15, -0.1) is 10.2 Å². The first-order valence-electron chi connectivity index (χ1n) is 7.98. The lowest BCUT2D eigenvalue weighted by Gasteiger charge is -2.07. The molecule has 1 aromatic carbocycles. The second-order valence-electron chi connectivity index (χ2n) is 5.73. The zero-order valence-electron chi connectivity index (χ0n) is 14.2. The minimum absolute atomic E-state index is 0.202. The lowest BCUT2D eigenvalue weighted by atomic mass is 10.1. The maximum atomic E-state index is 12.3. The number of carbonyl (C=O) groups excluding carboxylic acids is 1. The fraction of sp³-hybridized carbons (Fsp3) is 0.158. The third-order valence-electron chi connectivity index (χ3n) is 3.85. The van der Waals surface area contributed by atoms with Crippen molar-refractivity contribution in [3.63, 3.8) is 0 Å². The number of nitrogens with zero attached hydrogens (tertiary/aromatic N) is 3. The van der Waals surface area contributed by atoms with Gasteiger partial charge in [0, 0.05) is 11.8 Å². The second kappa shape index (κ2) is 7.53. The fourth-order valence-corrected chi connectivity index (χ4v) is 2.25. The number of amides is 1. The first-order chi connectivity index (χ1) is 12.1. The molecule has 0 atom stereocenters. The Labute approximate surface area is 146 Å². The molecule has 2 heterocycles. The van der Waals surface area contributed by atoms with Crippen LogP contribution in [0, 0.1) is 13.8 Å². The lowest BCUT2D eigenvalue weighted by Crippen LogP contribution is -2.14. The van der Waals surface area contributed by atoms with Crippen LogP contribution in [-0.2, 0) is 6.54 Å². The molecule has 25 heavy (non-hydrogen) atoms. The van der Waals surface area contributed by atoms with Crippen LogP contribution in [0.15, 0.2) is 54.7 Å². The molecule has 0 aliphatic carbocycles. The molecule has 0 saturated carbocycles. The predicted octanol–water partition coefficient (Wildman–Crippen LogP) is 3.35. The fourth-order valence-electron chi connectivity index (χ4n) is 2.25. The number of hydrogen-bond acceptors (Lipinski definition) is 5. The molecule has 0 unspecified atom stereocenters. The molecule has 0 fully saturated rings. The van der Waals surface area contributed by atoms with Crippen molar-refractivity contribution in [1.29, 1.82) is 0 Å². The molecular weight excluding hydrogens is 314 g/mol. The number of carbonyl (C=O) groups is 1. The van der Waals surface area contributed by atoms with Gasteiger partial charge in [-0.3, -0.25) is 9.78 Å². The van der Waals surface area contributed by atoms with Gasteiger partial charge in [-0.05, 0) is 61.4 Å². The average molecular weight is 333 g/mol. The highest BCUT2D eigenvalue weighted by atomic mass is 16.1. The zero-order valence-corrected chi connectivity index (χ0v) is 14.2. The van der Waals surface area contributed by atoms with Crippen molar-refractivity contribution >= 4 is 17.5 Å². The molecule has 0 aliphatic rings. The monoisotopic (exact) mass is 333 g/mol. The van der Waals surface area contributed by atoms with Crippen LogP contribution in [0.5, 0.6) is 0 Å². The molecule has 1 amide bonds. The van der Waals surface area contributed by atoms with Crippen molar-refractivity contribution in [2.24, 2.45) is 0 Å². The van der Waals surface area contributed by atoms with E-state index < -0.39 is 0 Å². The predicted molar refractivity (Wildman–Crippen MR) is 97.5 cm³/mol. The number of rotatable bonds is 5. The Hall–Kier alpha value is -3.28.